The second-order valence-corrected chi connectivity index (χ2v) is 7.21. The molecule has 0 bridgehead atoms. The Morgan fingerprint density at radius 1 is 1.33 bits per heavy atom. The Labute approximate surface area is 150 Å². The molecule has 2 aliphatic rings. The number of carbonyl (C=O) groups is 1. The number of nitrogens with one attached hydrogen (secondary N) is 2. The lowest BCUT2D eigenvalue weighted by atomic mass is 10.0. The van der Waals surface area contributed by atoms with Crippen LogP contribution in [0.1, 0.15) is 28.2 Å². The van der Waals surface area contributed by atoms with Crippen LogP contribution in [0.4, 0.5) is 0 Å². The molecule has 1 fully saturated rings. The number of aromatic nitrogens is 2. The number of carbonyl (C=O) groups excluding carboxylic acids is 1. The molecule has 4 rings (SSSR count). The summed E-state index contributed by atoms with van der Waals surface area (Å²) in [4.78, 5) is 12.6. The minimum absolute atomic E-state index is 0.0936. The Bertz CT molecular complexity index is 798. The molecule has 126 valence electrons. The van der Waals surface area contributed by atoms with Gasteiger partial charge in [0.05, 0.1) is 10.7 Å². The number of nitrogens with zero attached hydrogens (tertiary/aromatic N) is 2. The quantitative estimate of drug-likeness (QED) is 0.876. The maximum absolute atomic E-state index is 12.6. The first-order valence-corrected chi connectivity index (χ1v) is 8.94. The molecule has 1 aromatic heterocycles. The van der Waals surface area contributed by atoms with Crippen LogP contribution < -0.4 is 10.6 Å². The molecule has 0 saturated carbocycles. The smallest absolute Gasteiger partial charge is 0.272 e. The maximum atomic E-state index is 12.6. The van der Waals surface area contributed by atoms with E-state index in [4.69, 9.17) is 23.2 Å². The van der Waals surface area contributed by atoms with Gasteiger partial charge < -0.3 is 10.6 Å². The minimum atomic E-state index is -0.0936. The van der Waals surface area contributed by atoms with Crippen LogP contribution in [0.2, 0.25) is 10.0 Å². The fraction of sp³-hybridized carbons (Fsp3) is 0.412. The van der Waals surface area contributed by atoms with Gasteiger partial charge in [-0.3, -0.25) is 4.79 Å². The first kappa shape index (κ1) is 15.9. The lowest BCUT2D eigenvalue weighted by Gasteiger charge is -2.26. The van der Waals surface area contributed by atoms with Crippen LogP contribution in [-0.4, -0.2) is 35.3 Å². The number of halogens is 2. The number of hydrogen-bond acceptors (Lipinski definition) is 3. The van der Waals surface area contributed by atoms with Crippen molar-refractivity contribution < 1.29 is 4.79 Å². The Morgan fingerprint density at radius 2 is 2.17 bits per heavy atom. The predicted octanol–water partition coefficient (Wildman–Crippen LogP) is 2.62. The van der Waals surface area contributed by atoms with Crippen molar-refractivity contribution in [1.29, 1.82) is 0 Å². The second-order valence-electron chi connectivity index (χ2n) is 6.37. The van der Waals surface area contributed by atoms with E-state index in [1.165, 1.54) is 0 Å². The molecular weight excluding hydrogens is 347 g/mol. The van der Waals surface area contributed by atoms with Gasteiger partial charge in [0, 0.05) is 41.8 Å². The number of hydrogen-bond donors (Lipinski definition) is 2. The zero-order valence-corrected chi connectivity index (χ0v) is 14.6. The van der Waals surface area contributed by atoms with E-state index in [9.17, 15) is 4.79 Å². The van der Waals surface area contributed by atoms with Gasteiger partial charge in [0.15, 0.2) is 5.69 Å². The van der Waals surface area contributed by atoms with Crippen LogP contribution in [0.15, 0.2) is 18.2 Å². The summed E-state index contributed by atoms with van der Waals surface area (Å²) in [6.45, 7) is 2.62. The van der Waals surface area contributed by atoms with Crippen LogP contribution in [0.25, 0.3) is 5.69 Å². The van der Waals surface area contributed by atoms with E-state index in [2.05, 4.69) is 15.7 Å². The summed E-state index contributed by atoms with van der Waals surface area (Å²) in [6.07, 6.45) is 2.82. The molecule has 2 N–H and O–H groups in total. The number of rotatable bonds is 4. The van der Waals surface area contributed by atoms with Gasteiger partial charge in [0.1, 0.15) is 0 Å². The van der Waals surface area contributed by atoms with Gasteiger partial charge in [0.2, 0.25) is 0 Å². The third-order valence-electron chi connectivity index (χ3n) is 4.70. The molecule has 1 amide bonds. The summed E-state index contributed by atoms with van der Waals surface area (Å²) in [7, 11) is 0. The summed E-state index contributed by atoms with van der Waals surface area (Å²) < 4.78 is 1.81. The lowest BCUT2D eigenvalue weighted by molar-refractivity contribution is 0.0936. The van der Waals surface area contributed by atoms with Crippen LogP contribution in [-0.2, 0) is 12.8 Å². The highest BCUT2D eigenvalue weighted by molar-refractivity contribution is 6.35. The Morgan fingerprint density at radius 3 is 2.88 bits per heavy atom. The summed E-state index contributed by atoms with van der Waals surface area (Å²) in [5.74, 6) is 0.429. The fourth-order valence-corrected chi connectivity index (χ4v) is 3.77. The van der Waals surface area contributed by atoms with Crippen molar-refractivity contribution in [3.63, 3.8) is 0 Å². The van der Waals surface area contributed by atoms with Crippen LogP contribution >= 0.6 is 23.2 Å². The molecule has 0 atom stereocenters. The topological polar surface area (TPSA) is 59.0 Å². The Hall–Kier alpha value is -1.56. The SMILES string of the molecule is O=C(NCC1CNC1)c1nn(-c2ccc(Cl)cc2Cl)c2c1CCC2. The molecule has 1 aromatic carbocycles. The zero-order chi connectivity index (χ0) is 16.7. The number of benzene rings is 1. The average Bonchev–Trinajstić information content (AvgIpc) is 3.08. The van der Waals surface area contributed by atoms with Gasteiger partial charge in [-0.05, 0) is 37.5 Å². The molecule has 5 nitrogen and oxygen atoms in total. The van der Waals surface area contributed by atoms with Gasteiger partial charge in [-0.2, -0.15) is 5.10 Å². The summed E-state index contributed by atoms with van der Waals surface area (Å²) >= 11 is 12.3. The van der Waals surface area contributed by atoms with E-state index in [1.807, 2.05) is 6.07 Å². The number of fused-ring (bicyclic) bond motifs is 1. The first-order chi connectivity index (χ1) is 11.6. The van der Waals surface area contributed by atoms with Gasteiger partial charge in [0.25, 0.3) is 5.91 Å². The number of amides is 1. The highest BCUT2D eigenvalue weighted by Gasteiger charge is 2.28. The summed E-state index contributed by atoms with van der Waals surface area (Å²) in [5.41, 5.74) is 3.42. The molecule has 2 aromatic rings. The Balaban J connectivity index is 1.65. The minimum Gasteiger partial charge on any atom is -0.350 e. The molecule has 0 unspecified atom stereocenters. The van der Waals surface area contributed by atoms with E-state index < -0.39 is 0 Å². The predicted molar refractivity (Wildman–Crippen MR) is 94.3 cm³/mol. The third kappa shape index (κ3) is 2.81. The highest BCUT2D eigenvalue weighted by atomic mass is 35.5. The normalized spacial score (nSPS) is 16.8. The molecule has 0 spiro atoms. The Kier molecular flexibility index (Phi) is 4.24. The molecule has 1 saturated heterocycles. The molecule has 1 aliphatic heterocycles. The first-order valence-electron chi connectivity index (χ1n) is 8.18. The maximum Gasteiger partial charge on any atom is 0.272 e. The van der Waals surface area contributed by atoms with Crippen molar-refractivity contribution in [2.24, 2.45) is 5.92 Å². The lowest BCUT2D eigenvalue weighted by Crippen LogP contribution is -2.48. The molecular formula is C17H18Cl2N4O. The van der Waals surface area contributed by atoms with Crippen LogP contribution in [0, 0.1) is 5.92 Å². The molecule has 24 heavy (non-hydrogen) atoms. The van der Waals surface area contributed by atoms with Crippen LogP contribution in [0.5, 0.6) is 0 Å². The van der Waals surface area contributed by atoms with E-state index in [0.717, 1.165) is 49.3 Å². The van der Waals surface area contributed by atoms with Gasteiger partial charge in [-0.15, -0.1) is 0 Å². The molecule has 0 radical (unpaired) electrons. The van der Waals surface area contributed by atoms with Crippen molar-refractivity contribution in [2.45, 2.75) is 19.3 Å². The highest BCUT2D eigenvalue weighted by Crippen LogP contribution is 2.31. The zero-order valence-electron chi connectivity index (χ0n) is 13.1. The van der Waals surface area contributed by atoms with Gasteiger partial charge >= 0.3 is 0 Å². The van der Waals surface area contributed by atoms with Crippen molar-refractivity contribution >= 4 is 29.1 Å². The van der Waals surface area contributed by atoms with Crippen LogP contribution in [0.3, 0.4) is 0 Å². The standard InChI is InChI=1S/C17H18Cl2N4O/c18-11-4-5-15(13(19)6-11)23-14-3-1-2-12(14)16(22-23)17(24)21-9-10-7-20-8-10/h4-6,10,20H,1-3,7-9H2,(H,21,24). The van der Waals surface area contributed by atoms with E-state index in [-0.39, 0.29) is 5.91 Å². The average molecular weight is 365 g/mol. The molecule has 2 heterocycles. The van der Waals surface area contributed by atoms with Gasteiger partial charge in [-0.1, -0.05) is 23.2 Å². The summed E-state index contributed by atoms with van der Waals surface area (Å²) in [5, 5.41) is 11.9. The van der Waals surface area contributed by atoms with E-state index >= 15 is 0 Å². The van der Waals surface area contributed by atoms with E-state index in [0.29, 0.717) is 28.2 Å². The summed E-state index contributed by atoms with van der Waals surface area (Å²) in [6, 6.07) is 5.33. The fourth-order valence-electron chi connectivity index (χ4n) is 3.29. The molecule has 7 heteroatoms. The van der Waals surface area contributed by atoms with Gasteiger partial charge in [-0.25, -0.2) is 4.68 Å². The largest absolute Gasteiger partial charge is 0.350 e. The third-order valence-corrected chi connectivity index (χ3v) is 5.24. The monoisotopic (exact) mass is 364 g/mol. The molecule has 1 aliphatic carbocycles. The van der Waals surface area contributed by atoms with Crippen molar-refractivity contribution in [3.05, 3.63) is 45.2 Å². The van der Waals surface area contributed by atoms with Crippen molar-refractivity contribution in [1.82, 2.24) is 20.4 Å². The van der Waals surface area contributed by atoms with Crippen molar-refractivity contribution in [3.8, 4) is 5.69 Å². The van der Waals surface area contributed by atoms with Crippen molar-refractivity contribution in [2.75, 3.05) is 19.6 Å². The van der Waals surface area contributed by atoms with E-state index in [1.54, 1.807) is 16.8 Å². The second kappa shape index (κ2) is 6.39.